The van der Waals surface area contributed by atoms with Crippen molar-refractivity contribution in [2.24, 2.45) is 0 Å². The van der Waals surface area contributed by atoms with Crippen LogP contribution in [0.2, 0.25) is 10.0 Å². The topological polar surface area (TPSA) is 102 Å². The van der Waals surface area contributed by atoms with Crippen molar-refractivity contribution in [2.75, 3.05) is 17.1 Å². The average molecular weight is 493 g/mol. The van der Waals surface area contributed by atoms with Gasteiger partial charge >= 0.3 is 5.97 Å². The number of hydrogen-bond donors (Lipinski definition) is 2. The van der Waals surface area contributed by atoms with Crippen LogP contribution in [0.15, 0.2) is 65.6 Å². The van der Waals surface area contributed by atoms with E-state index in [-0.39, 0.29) is 31.8 Å². The fourth-order valence-corrected chi connectivity index (χ4v) is 4.54. The Bertz CT molecular complexity index is 1290. The first kappa shape index (κ1) is 23.6. The minimum absolute atomic E-state index is 0.0411. The molecular formula is C22H18Cl2N2O5S. The van der Waals surface area contributed by atoms with Gasteiger partial charge in [0.2, 0.25) is 0 Å². The lowest BCUT2D eigenvalue weighted by Gasteiger charge is -2.12. The zero-order valence-corrected chi connectivity index (χ0v) is 19.3. The highest BCUT2D eigenvalue weighted by Crippen LogP contribution is 2.26. The number of aryl methyl sites for hydroxylation is 1. The predicted octanol–water partition coefficient (Wildman–Crippen LogP) is 5.14. The second-order valence-electron chi connectivity index (χ2n) is 6.76. The lowest BCUT2D eigenvalue weighted by atomic mass is 10.1. The summed E-state index contributed by atoms with van der Waals surface area (Å²) < 4.78 is 32.8. The van der Waals surface area contributed by atoms with Gasteiger partial charge in [-0.15, -0.1) is 0 Å². The van der Waals surface area contributed by atoms with Crippen LogP contribution in [0.3, 0.4) is 0 Å². The Hall–Kier alpha value is -3.07. The van der Waals surface area contributed by atoms with Gasteiger partial charge in [0.25, 0.3) is 15.9 Å². The van der Waals surface area contributed by atoms with Gasteiger partial charge in [-0.2, -0.15) is 0 Å². The van der Waals surface area contributed by atoms with Crippen molar-refractivity contribution in [3.63, 3.8) is 0 Å². The van der Waals surface area contributed by atoms with Gasteiger partial charge in [0, 0.05) is 16.9 Å². The first-order valence-electron chi connectivity index (χ1n) is 9.19. The second kappa shape index (κ2) is 9.60. The summed E-state index contributed by atoms with van der Waals surface area (Å²) in [6.45, 7) is 1.88. The number of esters is 1. The Morgan fingerprint density at radius 3 is 2.16 bits per heavy atom. The van der Waals surface area contributed by atoms with Gasteiger partial charge in [-0.3, -0.25) is 9.52 Å². The van der Waals surface area contributed by atoms with Crippen LogP contribution in [0.1, 0.15) is 26.3 Å². The molecule has 0 unspecified atom stereocenters. The van der Waals surface area contributed by atoms with Crippen LogP contribution in [0.25, 0.3) is 0 Å². The van der Waals surface area contributed by atoms with Gasteiger partial charge in [-0.05, 0) is 55.5 Å². The number of ether oxygens (including phenoxy) is 1. The van der Waals surface area contributed by atoms with Crippen molar-refractivity contribution >= 4 is 56.5 Å². The smallest absolute Gasteiger partial charge is 0.339 e. The standard InChI is InChI=1S/C22H18Cl2N2O5S/c1-13-3-6-15(7-4-13)26-32(29,30)20-11-14(5-9-19(20)24)21(27)25-16-8-10-18(23)17(12-16)22(28)31-2/h3-12,26H,1-2H3,(H,25,27). The number of carbonyl (C=O) groups excluding carboxylic acids is 2. The lowest BCUT2D eigenvalue weighted by Crippen LogP contribution is -2.16. The maximum absolute atomic E-state index is 12.8. The van der Waals surface area contributed by atoms with E-state index in [4.69, 9.17) is 23.2 Å². The molecule has 0 heterocycles. The number of halogens is 2. The third-order valence-electron chi connectivity index (χ3n) is 4.42. The number of benzene rings is 3. The number of nitrogens with one attached hydrogen (secondary N) is 2. The summed E-state index contributed by atoms with van der Waals surface area (Å²) in [6, 6.07) is 14.9. The molecule has 2 N–H and O–H groups in total. The fraction of sp³-hybridized carbons (Fsp3) is 0.0909. The van der Waals surface area contributed by atoms with Crippen LogP contribution >= 0.6 is 23.2 Å². The highest BCUT2D eigenvalue weighted by atomic mass is 35.5. The van der Waals surface area contributed by atoms with Crippen molar-refractivity contribution in [1.29, 1.82) is 0 Å². The van der Waals surface area contributed by atoms with Gasteiger partial charge in [0.05, 0.1) is 22.7 Å². The van der Waals surface area contributed by atoms with E-state index < -0.39 is 21.9 Å². The van der Waals surface area contributed by atoms with Crippen molar-refractivity contribution in [1.82, 2.24) is 0 Å². The number of anilines is 2. The zero-order chi connectivity index (χ0) is 23.5. The molecule has 0 aromatic heterocycles. The molecule has 0 radical (unpaired) electrons. The quantitative estimate of drug-likeness (QED) is 0.463. The molecule has 3 aromatic carbocycles. The molecule has 3 aromatic rings. The molecule has 0 bridgehead atoms. The summed E-state index contributed by atoms with van der Waals surface area (Å²) in [6.07, 6.45) is 0. The second-order valence-corrected chi connectivity index (χ2v) is 9.22. The van der Waals surface area contributed by atoms with Gasteiger partial charge in [-0.1, -0.05) is 40.9 Å². The number of hydrogen-bond acceptors (Lipinski definition) is 5. The Morgan fingerprint density at radius 1 is 0.875 bits per heavy atom. The normalized spacial score (nSPS) is 11.0. The number of sulfonamides is 1. The Morgan fingerprint density at radius 2 is 1.50 bits per heavy atom. The van der Waals surface area contributed by atoms with Crippen molar-refractivity contribution in [3.8, 4) is 0 Å². The summed E-state index contributed by atoms with van der Waals surface area (Å²) in [7, 11) is -2.84. The summed E-state index contributed by atoms with van der Waals surface area (Å²) in [5.41, 5.74) is 1.74. The average Bonchev–Trinajstić information content (AvgIpc) is 2.76. The number of amides is 1. The Balaban J connectivity index is 1.87. The van der Waals surface area contributed by atoms with Crippen LogP contribution < -0.4 is 10.0 Å². The zero-order valence-electron chi connectivity index (χ0n) is 17.0. The largest absolute Gasteiger partial charge is 0.465 e. The maximum atomic E-state index is 12.8. The molecule has 0 atom stereocenters. The van der Waals surface area contributed by atoms with E-state index >= 15 is 0 Å². The van der Waals surface area contributed by atoms with Crippen LogP contribution in [0.5, 0.6) is 0 Å². The van der Waals surface area contributed by atoms with Gasteiger partial charge in [0.15, 0.2) is 0 Å². The molecule has 0 spiro atoms. The van der Waals surface area contributed by atoms with E-state index in [0.717, 1.165) is 5.56 Å². The molecule has 0 saturated carbocycles. The minimum atomic E-state index is -4.05. The van der Waals surface area contributed by atoms with Crippen LogP contribution in [-0.4, -0.2) is 27.4 Å². The summed E-state index contributed by atoms with van der Waals surface area (Å²) in [5, 5.41) is 2.72. The molecule has 0 saturated heterocycles. The molecular weight excluding hydrogens is 475 g/mol. The van der Waals surface area contributed by atoms with E-state index in [2.05, 4.69) is 14.8 Å². The molecule has 0 aliphatic heterocycles. The van der Waals surface area contributed by atoms with Crippen LogP contribution in [0.4, 0.5) is 11.4 Å². The van der Waals surface area contributed by atoms with E-state index in [1.807, 2.05) is 6.92 Å². The molecule has 10 heteroatoms. The third-order valence-corrected chi connectivity index (χ3v) is 6.61. The molecule has 166 valence electrons. The fourth-order valence-electron chi connectivity index (χ4n) is 2.75. The lowest BCUT2D eigenvalue weighted by molar-refractivity contribution is 0.0600. The highest BCUT2D eigenvalue weighted by Gasteiger charge is 2.21. The van der Waals surface area contributed by atoms with Gasteiger partial charge < -0.3 is 10.1 Å². The van der Waals surface area contributed by atoms with Crippen molar-refractivity contribution in [3.05, 3.63) is 87.4 Å². The van der Waals surface area contributed by atoms with E-state index in [1.165, 1.54) is 43.5 Å². The summed E-state index contributed by atoms with van der Waals surface area (Å²) >= 11 is 12.1. The monoisotopic (exact) mass is 492 g/mol. The SMILES string of the molecule is COC(=O)c1cc(NC(=O)c2ccc(Cl)c(S(=O)(=O)Nc3ccc(C)cc3)c2)ccc1Cl. The predicted molar refractivity (Wildman–Crippen MR) is 124 cm³/mol. The minimum Gasteiger partial charge on any atom is -0.465 e. The number of rotatable bonds is 6. The van der Waals surface area contributed by atoms with E-state index in [1.54, 1.807) is 24.3 Å². The summed E-state index contributed by atoms with van der Waals surface area (Å²) in [5.74, 6) is -1.26. The van der Waals surface area contributed by atoms with Crippen LogP contribution in [0, 0.1) is 6.92 Å². The number of carbonyl (C=O) groups is 2. The molecule has 7 nitrogen and oxygen atoms in total. The van der Waals surface area contributed by atoms with Crippen LogP contribution in [-0.2, 0) is 14.8 Å². The first-order valence-corrected chi connectivity index (χ1v) is 11.4. The molecule has 0 aliphatic carbocycles. The summed E-state index contributed by atoms with van der Waals surface area (Å²) in [4.78, 5) is 24.3. The highest BCUT2D eigenvalue weighted by molar-refractivity contribution is 7.92. The first-order chi connectivity index (χ1) is 15.1. The van der Waals surface area contributed by atoms with Gasteiger partial charge in [-0.25, -0.2) is 13.2 Å². The van der Waals surface area contributed by atoms with Gasteiger partial charge in [0.1, 0.15) is 4.90 Å². The van der Waals surface area contributed by atoms with Crippen molar-refractivity contribution in [2.45, 2.75) is 11.8 Å². The molecule has 3 rings (SSSR count). The molecule has 32 heavy (non-hydrogen) atoms. The molecule has 1 amide bonds. The third kappa shape index (κ3) is 5.40. The number of methoxy groups -OCH3 is 1. The Labute approximate surface area is 195 Å². The molecule has 0 fully saturated rings. The maximum Gasteiger partial charge on any atom is 0.339 e. The van der Waals surface area contributed by atoms with E-state index in [9.17, 15) is 18.0 Å². The van der Waals surface area contributed by atoms with Crippen molar-refractivity contribution < 1.29 is 22.7 Å². The van der Waals surface area contributed by atoms with E-state index in [0.29, 0.717) is 5.69 Å². The molecule has 0 aliphatic rings. The Kier molecular flexibility index (Phi) is 7.08.